The molecule has 1 fully saturated rings. The number of likely N-dealkylation sites (N-methyl/N-ethyl adjacent to an activating group) is 1. The summed E-state index contributed by atoms with van der Waals surface area (Å²) >= 11 is 5.71. The van der Waals surface area contributed by atoms with E-state index in [-0.39, 0.29) is 10.8 Å². The monoisotopic (exact) mass is 242 g/mol. The highest BCUT2D eigenvalue weighted by Gasteiger charge is 2.20. The molecule has 1 saturated heterocycles. The zero-order valence-electron chi connectivity index (χ0n) is 9.34. The molecule has 2 nitrogen and oxygen atoms in total. The van der Waals surface area contributed by atoms with Crippen molar-refractivity contribution in [3.8, 4) is 0 Å². The van der Waals surface area contributed by atoms with E-state index < -0.39 is 0 Å². The minimum Gasteiger partial charge on any atom is -0.383 e. The zero-order valence-corrected chi connectivity index (χ0v) is 10.1. The number of rotatable bonds is 3. The number of anilines is 1. The Morgan fingerprint density at radius 2 is 2.38 bits per heavy atom. The fraction of sp³-hybridized carbons (Fsp3) is 0.500. The molecule has 1 unspecified atom stereocenters. The van der Waals surface area contributed by atoms with E-state index in [1.54, 1.807) is 12.1 Å². The molecule has 0 aliphatic carbocycles. The van der Waals surface area contributed by atoms with Gasteiger partial charge in [0.05, 0.1) is 5.02 Å². The quantitative estimate of drug-likeness (QED) is 0.877. The van der Waals surface area contributed by atoms with Crippen molar-refractivity contribution in [3.05, 3.63) is 29.0 Å². The van der Waals surface area contributed by atoms with E-state index in [9.17, 15) is 4.39 Å². The van der Waals surface area contributed by atoms with Crippen LogP contribution in [0.1, 0.15) is 12.8 Å². The molecule has 0 radical (unpaired) electrons. The molecule has 1 atom stereocenters. The average Bonchev–Trinajstić information content (AvgIpc) is 2.66. The van der Waals surface area contributed by atoms with Gasteiger partial charge >= 0.3 is 0 Å². The van der Waals surface area contributed by atoms with Crippen molar-refractivity contribution in [2.75, 3.05) is 25.5 Å². The van der Waals surface area contributed by atoms with Crippen LogP contribution in [0.2, 0.25) is 5.02 Å². The summed E-state index contributed by atoms with van der Waals surface area (Å²) in [7, 11) is 2.14. The van der Waals surface area contributed by atoms with E-state index in [1.165, 1.54) is 18.9 Å². The largest absolute Gasteiger partial charge is 0.383 e. The van der Waals surface area contributed by atoms with Crippen LogP contribution in [0, 0.1) is 5.82 Å². The standard InChI is InChI=1S/C12H16ClFN2/c1-16-6-2-3-10(16)8-15-9-4-5-12(14)11(13)7-9/h4-5,7,10,15H,2-3,6,8H2,1H3. The molecule has 0 saturated carbocycles. The fourth-order valence-corrected chi connectivity index (χ4v) is 2.26. The molecule has 1 N–H and O–H groups in total. The first-order valence-corrected chi connectivity index (χ1v) is 5.94. The molecule has 88 valence electrons. The first-order chi connectivity index (χ1) is 7.66. The van der Waals surface area contributed by atoms with E-state index in [0.29, 0.717) is 6.04 Å². The lowest BCUT2D eigenvalue weighted by molar-refractivity contribution is 0.322. The highest BCUT2D eigenvalue weighted by Crippen LogP contribution is 2.20. The van der Waals surface area contributed by atoms with E-state index in [1.807, 2.05) is 0 Å². The molecule has 0 bridgehead atoms. The summed E-state index contributed by atoms with van der Waals surface area (Å²) in [6, 6.07) is 5.31. The van der Waals surface area contributed by atoms with Crippen LogP contribution >= 0.6 is 11.6 Å². The summed E-state index contributed by atoms with van der Waals surface area (Å²) in [5, 5.41) is 3.46. The molecule has 1 aromatic carbocycles. The molecule has 0 aromatic heterocycles. The van der Waals surface area contributed by atoms with Gasteiger partial charge in [0.1, 0.15) is 5.82 Å². The molecule has 4 heteroatoms. The van der Waals surface area contributed by atoms with Crippen LogP contribution in [0.5, 0.6) is 0 Å². The molecule has 1 aliphatic heterocycles. The van der Waals surface area contributed by atoms with Crippen molar-refractivity contribution in [1.82, 2.24) is 4.90 Å². The molecule has 0 spiro atoms. The van der Waals surface area contributed by atoms with Gasteiger partial charge in [-0.05, 0) is 44.6 Å². The summed E-state index contributed by atoms with van der Waals surface area (Å²) in [5.41, 5.74) is 0.881. The Labute approximate surface area is 100 Å². The maximum Gasteiger partial charge on any atom is 0.141 e. The van der Waals surface area contributed by atoms with Gasteiger partial charge in [-0.2, -0.15) is 0 Å². The lowest BCUT2D eigenvalue weighted by atomic mass is 10.2. The Morgan fingerprint density at radius 1 is 1.56 bits per heavy atom. The zero-order chi connectivity index (χ0) is 11.5. The molecule has 2 rings (SSSR count). The van der Waals surface area contributed by atoms with E-state index in [2.05, 4.69) is 17.3 Å². The van der Waals surface area contributed by atoms with Crippen LogP contribution in [0.15, 0.2) is 18.2 Å². The van der Waals surface area contributed by atoms with Crippen molar-refractivity contribution in [3.63, 3.8) is 0 Å². The molecule has 0 amide bonds. The van der Waals surface area contributed by atoms with Gasteiger partial charge in [-0.3, -0.25) is 0 Å². The van der Waals surface area contributed by atoms with Gasteiger partial charge in [0.15, 0.2) is 0 Å². The van der Waals surface area contributed by atoms with Crippen LogP contribution in [0.25, 0.3) is 0 Å². The van der Waals surface area contributed by atoms with Crippen molar-refractivity contribution < 1.29 is 4.39 Å². The third-order valence-corrected chi connectivity index (χ3v) is 3.42. The highest BCUT2D eigenvalue weighted by atomic mass is 35.5. The predicted molar refractivity (Wildman–Crippen MR) is 65.6 cm³/mol. The van der Waals surface area contributed by atoms with Crippen molar-refractivity contribution in [2.24, 2.45) is 0 Å². The van der Waals surface area contributed by atoms with Crippen LogP contribution in [0.4, 0.5) is 10.1 Å². The molecule has 1 aliphatic rings. The molecule has 1 aromatic rings. The number of hydrogen-bond donors (Lipinski definition) is 1. The Hall–Kier alpha value is -0.800. The third-order valence-electron chi connectivity index (χ3n) is 3.13. The summed E-state index contributed by atoms with van der Waals surface area (Å²) in [5.74, 6) is -0.370. The topological polar surface area (TPSA) is 15.3 Å². The number of halogens is 2. The van der Waals surface area contributed by atoms with Crippen LogP contribution in [-0.2, 0) is 0 Å². The van der Waals surface area contributed by atoms with Crippen molar-refractivity contribution in [2.45, 2.75) is 18.9 Å². The lowest BCUT2D eigenvalue weighted by Crippen LogP contribution is -2.31. The SMILES string of the molecule is CN1CCCC1CNc1ccc(F)c(Cl)c1. The van der Waals surface area contributed by atoms with Crippen LogP contribution in [-0.4, -0.2) is 31.1 Å². The lowest BCUT2D eigenvalue weighted by Gasteiger charge is -2.20. The van der Waals surface area contributed by atoms with E-state index in [4.69, 9.17) is 11.6 Å². The first-order valence-electron chi connectivity index (χ1n) is 5.56. The summed E-state index contributed by atoms with van der Waals surface area (Å²) < 4.78 is 12.9. The fourth-order valence-electron chi connectivity index (χ4n) is 2.08. The Morgan fingerprint density at radius 3 is 3.00 bits per heavy atom. The number of benzene rings is 1. The second-order valence-corrected chi connectivity index (χ2v) is 4.69. The van der Waals surface area contributed by atoms with Gasteiger partial charge in [0.25, 0.3) is 0 Å². The molecule has 1 heterocycles. The van der Waals surface area contributed by atoms with Crippen molar-refractivity contribution >= 4 is 17.3 Å². The van der Waals surface area contributed by atoms with Gasteiger partial charge in [-0.1, -0.05) is 11.6 Å². The molecular formula is C12H16ClFN2. The average molecular weight is 243 g/mol. The molecular weight excluding hydrogens is 227 g/mol. The van der Waals surface area contributed by atoms with Crippen molar-refractivity contribution in [1.29, 1.82) is 0 Å². The number of hydrogen-bond acceptors (Lipinski definition) is 2. The Bertz CT molecular complexity index is 370. The number of likely N-dealkylation sites (tertiary alicyclic amines) is 1. The summed E-state index contributed by atoms with van der Waals surface area (Å²) in [6.45, 7) is 2.05. The van der Waals surface area contributed by atoms with Crippen LogP contribution in [0.3, 0.4) is 0 Å². The number of nitrogens with zero attached hydrogens (tertiary/aromatic N) is 1. The van der Waals surface area contributed by atoms with Gasteiger partial charge in [0, 0.05) is 18.3 Å². The normalized spacial score (nSPS) is 21.3. The Balaban J connectivity index is 1.91. The maximum atomic E-state index is 12.9. The van der Waals surface area contributed by atoms with Gasteiger partial charge in [0.2, 0.25) is 0 Å². The van der Waals surface area contributed by atoms with Crippen LogP contribution < -0.4 is 5.32 Å². The second kappa shape index (κ2) is 5.02. The minimum absolute atomic E-state index is 0.171. The maximum absolute atomic E-state index is 12.9. The predicted octanol–water partition coefficient (Wildman–Crippen LogP) is 2.99. The van der Waals surface area contributed by atoms with E-state index in [0.717, 1.165) is 18.8 Å². The molecule has 16 heavy (non-hydrogen) atoms. The summed E-state index contributed by atoms with van der Waals surface area (Å²) in [4.78, 5) is 2.35. The second-order valence-electron chi connectivity index (χ2n) is 4.29. The minimum atomic E-state index is -0.370. The van der Waals surface area contributed by atoms with Gasteiger partial charge in [-0.25, -0.2) is 4.39 Å². The third kappa shape index (κ3) is 2.66. The van der Waals surface area contributed by atoms with Gasteiger partial charge in [-0.15, -0.1) is 0 Å². The highest BCUT2D eigenvalue weighted by molar-refractivity contribution is 6.31. The summed E-state index contributed by atoms with van der Waals surface area (Å²) in [6.07, 6.45) is 2.48. The van der Waals surface area contributed by atoms with Gasteiger partial charge < -0.3 is 10.2 Å². The first kappa shape index (κ1) is 11.7. The van der Waals surface area contributed by atoms with E-state index >= 15 is 0 Å². The smallest absolute Gasteiger partial charge is 0.141 e. The number of nitrogens with one attached hydrogen (secondary N) is 1. The Kier molecular flexibility index (Phi) is 3.66.